The van der Waals surface area contributed by atoms with E-state index in [1.165, 1.54) is 148 Å². The summed E-state index contributed by atoms with van der Waals surface area (Å²) >= 11 is 0. The molecule has 0 aliphatic carbocycles. The van der Waals surface area contributed by atoms with E-state index in [9.17, 15) is 0 Å². The summed E-state index contributed by atoms with van der Waals surface area (Å²) in [7, 11) is 1.37. The zero-order valence-corrected chi connectivity index (χ0v) is 24.8. The second-order valence-electron chi connectivity index (χ2n) is 12.4. The molecular formula is C32H67B. The van der Waals surface area contributed by atoms with E-state index in [0.717, 1.165) is 5.92 Å². The van der Waals surface area contributed by atoms with Gasteiger partial charge in [0.25, 0.3) is 0 Å². The predicted molar refractivity (Wildman–Crippen MR) is 157 cm³/mol. The van der Waals surface area contributed by atoms with Crippen LogP contribution in [0.3, 0.4) is 0 Å². The molecule has 0 rings (SSSR count). The molecule has 0 radical (unpaired) electrons. The molecule has 1 heteroatoms. The largest absolute Gasteiger partial charge is 0.117 e. The van der Waals surface area contributed by atoms with Crippen LogP contribution in [0.4, 0.5) is 0 Å². The molecule has 0 unspecified atom stereocenters. The van der Waals surface area contributed by atoms with Crippen LogP contribution in [0.15, 0.2) is 0 Å². The lowest BCUT2D eigenvalue weighted by Gasteiger charge is -2.44. The van der Waals surface area contributed by atoms with Gasteiger partial charge in [-0.2, -0.15) is 0 Å². The first-order valence-corrected chi connectivity index (χ1v) is 15.9. The summed E-state index contributed by atoms with van der Waals surface area (Å²) in [6, 6.07) is 0. The van der Waals surface area contributed by atoms with E-state index >= 15 is 0 Å². The lowest BCUT2D eigenvalue weighted by molar-refractivity contribution is 0.0879. The molecule has 0 nitrogen and oxygen atoms in total. The molecular weight excluding hydrogens is 395 g/mol. The van der Waals surface area contributed by atoms with Crippen molar-refractivity contribution >= 4 is 7.28 Å². The van der Waals surface area contributed by atoms with Gasteiger partial charge in [0.15, 0.2) is 0 Å². The van der Waals surface area contributed by atoms with E-state index in [1.807, 2.05) is 0 Å². The third kappa shape index (κ3) is 16.4. The fourth-order valence-electron chi connectivity index (χ4n) is 6.37. The van der Waals surface area contributed by atoms with Crippen molar-refractivity contribution in [2.45, 2.75) is 190 Å². The third-order valence-electron chi connectivity index (χ3n) is 8.83. The van der Waals surface area contributed by atoms with Gasteiger partial charge >= 0.3 is 0 Å². The Morgan fingerprint density at radius 3 is 1.21 bits per heavy atom. The quantitative estimate of drug-likeness (QED) is 0.0934. The fraction of sp³-hybridized carbons (Fsp3) is 1.00. The number of rotatable bonds is 25. The van der Waals surface area contributed by atoms with Crippen LogP contribution in [-0.2, 0) is 0 Å². The second-order valence-corrected chi connectivity index (χ2v) is 12.4. The zero-order chi connectivity index (χ0) is 24.8. The van der Waals surface area contributed by atoms with Crippen molar-refractivity contribution < 1.29 is 0 Å². The summed E-state index contributed by atoms with van der Waals surface area (Å²) in [6.45, 7) is 17.3. The lowest BCUT2D eigenvalue weighted by Crippen LogP contribution is -2.33. The van der Waals surface area contributed by atoms with Gasteiger partial charge in [-0.05, 0) is 48.9 Å². The summed E-state index contributed by atoms with van der Waals surface area (Å²) in [5, 5.41) is 0. The first kappa shape index (κ1) is 33.1. The van der Waals surface area contributed by atoms with Gasteiger partial charge in [0.1, 0.15) is 7.28 Å². The van der Waals surface area contributed by atoms with Gasteiger partial charge in [-0.3, -0.25) is 0 Å². The van der Waals surface area contributed by atoms with E-state index in [4.69, 9.17) is 0 Å². The van der Waals surface area contributed by atoms with E-state index in [-0.39, 0.29) is 0 Å². The van der Waals surface area contributed by atoms with Crippen LogP contribution in [0.1, 0.15) is 176 Å². The minimum absolute atomic E-state index is 0.561. The molecule has 0 saturated carbocycles. The Bertz CT molecular complexity index is 377. The Morgan fingerprint density at radius 1 is 0.515 bits per heavy atom. The van der Waals surface area contributed by atoms with Gasteiger partial charge in [-0.1, -0.05) is 157 Å². The van der Waals surface area contributed by atoms with Crippen LogP contribution in [0, 0.1) is 16.7 Å². The Balaban J connectivity index is 5.42. The van der Waals surface area contributed by atoms with Gasteiger partial charge in [-0.25, -0.2) is 0 Å². The first-order valence-electron chi connectivity index (χ1n) is 15.9. The minimum Gasteiger partial charge on any atom is -0.0893 e. The zero-order valence-electron chi connectivity index (χ0n) is 24.8. The molecule has 0 aliphatic rings. The lowest BCUT2D eigenvalue weighted by atomic mass is 9.56. The molecule has 0 bridgehead atoms. The van der Waals surface area contributed by atoms with Crippen LogP contribution in [-0.4, -0.2) is 7.28 Å². The van der Waals surface area contributed by atoms with Crippen LogP contribution in [0.5, 0.6) is 0 Å². The number of hydrogen-bond donors (Lipinski definition) is 0. The normalized spacial score (nSPS) is 13.4. The molecule has 0 amide bonds. The number of hydrogen-bond acceptors (Lipinski definition) is 0. The average Bonchev–Trinajstić information content (AvgIpc) is 2.80. The highest BCUT2D eigenvalue weighted by Crippen LogP contribution is 2.49. The van der Waals surface area contributed by atoms with Crippen molar-refractivity contribution in [3.05, 3.63) is 0 Å². The van der Waals surface area contributed by atoms with Crippen LogP contribution >= 0.6 is 0 Å². The van der Waals surface area contributed by atoms with Crippen LogP contribution in [0.2, 0.25) is 13.1 Å². The molecule has 0 N–H and O–H groups in total. The molecule has 0 aromatic heterocycles. The van der Waals surface area contributed by atoms with E-state index in [2.05, 4.69) is 48.4 Å². The molecule has 0 aromatic rings. The predicted octanol–water partition coefficient (Wildman–Crippen LogP) is 11.8. The maximum Gasteiger partial charge on any atom is 0.117 e. The summed E-state index contributed by atoms with van der Waals surface area (Å²) in [6.07, 6.45) is 31.6. The van der Waals surface area contributed by atoms with Crippen molar-refractivity contribution in [2.75, 3.05) is 0 Å². The van der Waals surface area contributed by atoms with Gasteiger partial charge in [0.05, 0.1) is 0 Å². The summed E-state index contributed by atoms with van der Waals surface area (Å²) in [5.41, 5.74) is 1.13. The van der Waals surface area contributed by atoms with Gasteiger partial charge in [0, 0.05) is 0 Å². The molecule has 0 spiro atoms. The molecule has 0 aliphatic heterocycles. The van der Waals surface area contributed by atoms with Crippen LogP contribution in [0.25, 0.3) is 0 Å². The van der Waals surface area contributed by atoms with Crippen molar-refractivity contribution in [1.29, 1.82) is 0 Å². The van der Waals surface area contributed by atoms with Gasteiger partial charge < -0.3 is 0 Å². The monoisotopic (exact) mass is 463 g/mol. The number of unbranched alkanes of at least 4 members (excludes halogenated alkanes) is 12. The second kappa shape index (κ2) is 21.4. The van der Waals surface area contributed by atoms with Gasteiger partial charge in [-0.15, -0.1) is 0 Å². The highest BCUT2D eigenvalue weighted by molar-refractivity contribution is 6.33. The smallest absolute Gasteiger partial charge is 0.0893 e. The van der Waals surface area contributed by atoms with E-state index in [0.29, 0.717) is 10.8 Å². The highest BCUT2D eigenvalue weighted by atomic mass is 14.4. The van der Waals surface area contributed by atoms with E-state index in [1.54, 1.807) is 0 Å². The minimum atomic E-state index is 0.561. The Morgan fingerprint density at radius 2 is 0.879 bits per heavy atom. The Labute approximate surface area is 213 Å². The fourth-order valence-corrected chi connectivity index (χ4v) is 6.37. The van der Waals surface area contributed by atoms with Crippen molar-refractivity contribution in [3.63, 3.8) is 0 Å². The first-order chi connectivity index (χ1) is 15.9. The standard InChI is InChI=1S/C32H67B/c1-8-12-16-20-24-31(5,25-21-17-13-9-2)28-30(29-33-7)32(6,26-22-18-14-10-3)27-23-19-15-11-4/h30,33H,8-29H2,1-7H3/t30-/m1/s1. The third-order valence-corrected chi connectivity index (χ3v) is 8.83. The van der Waals surface area contributed by atoms with Crippen molar-refractivity contribution in [3.8, 4) is 0 Å². The molecule has 0 saturated heterocycles. The van der Waals surface area contributed by atoms with Crippen molar-refractivity contribution in [1.82, 2.24) is 0 Å². The topological polar surface area (TPSA) is 0 Å². The molecule has 198 valence electrons. The molecule has 0 fully saturated rings. The van der Waals surface area contributed by atoms with Crippen LogP contribution < -0.4 is 0 Å². The SMILES string of the molecule is CBC[C@@H](CC(C)(CCCCCC)CCCCCC)C(C)(CCCCCC)CCCCCC. The Hall–Kier alpha value is 0.0649. The Kier molecular flexibility index (Phi) is 21.4. The summed E-state index contributed by atoms with van der Waals surface area (Å²) in [5.74, 6) is 0.924. The summed E-state index contributed by atoms with van der Waals surface area (Å²) in [4.78, 5) is 0. The maximum absolute atomic E-state index is 2.72. The molecule has 1 atom stereocenters. The average molecular weight is 463 g/mol. The molecule has 0 aromatic carbocycles. The molecule has 0 heterocycles. The molecule has 33 heavy (non-hydrogen) atoms. The highest BCUT2D eigenvalue weighted by Gasteiger charge is 2.37. The van der Waals surface area contributed by atoms with E-state index < -0.39 is 0 Å². The summed E-state index contributed by atoms with van der Waals surface area (Å²) < 4.78 is 0. The maximum atomic E-state index is 2.72. The van der Waals surface area contributed by atoms with Gasteiger partial charge in [0.2, 0.25) is 0 Å². The van der Waals surface area contributed by atoms with Crippen molar-refractivity contribution in [2.24, 2.45) is 16.7 Å².